The van der Waals surface area contributed by atoms with E-state index in [9.17, 15) is 4.79 Å². The first kappa shape index (κ1) is 17.5. The van der Waals surface area contributed by atoms with Gasteiger partial charge in [0.05, 0.1) is 12.9 Å². The van der Waals surface area contributed by atoms with Crippen molar-refractivity contribution in [2.45, 2.75) is 11.6 Å². The first-order valence-electron chi connectivity index (χ1n) is 7.72. The van der Waals surface area contributed by atoms with Crippen molar-refractivity contribution in [1.82, 2.24) is 20.1 Å². The van der Waals surface area contributed by atoms with E-state index in [1.807, 2.05) is 40.3 Å². The number of thiophene rings is 1. The summed E-state index contributed by atoms with van der Waals surface area (Å²) in [7, 11) is 1.63. The van der Waals surface area contributed by atoms with E-state index in [-0.39, 0.29) is 5.91 Å². The average molecular weight is 374 g/mol. The Morgan fingerprint density at radius 1 is 1.32 bits per heavy atom. The number of thioether (sulfide) groups is 1. The van der Waals surface area contributed by atoms with E-state index in [0.717, 1.165) is 17.9 Å². The number of hydrogen-bond acceptors (Lipinski definition) is 6. The van der Waals surface area contributed by atoms with E-state index < -0.39 is 0 Å². The van der Waals surface area contributed by atoms with Gasteiger partial charge in [0.15, 0.2) is 5.16 Å². The smallest absolute Gasteiger partial charge is 0.230 e. The fourth-order valence-corrected chi connectivity index (χ4v) is 3.67. The quantitative estimate of drug-likeness (QED) is 0.614. The van der Waals surface area contributed by atoms with Crippen LogP contribution in [-0.2, 0) is 11.2 Å². The van der Waals surface area contributed by atoms with Gasteiger partial charge in [-0.1, -0.05) is 17.8 Å². The topological polar surface area (TPSA) is 69.0 Å². The number of ether oxygens (including phenoxy) is 1. The van der Waals surface area contributed by atoms with Crippen LogP contribution in [0.2, 0.25) is 0 Å². The van der Waals surface area contributed by atoms with Crippen LogP contribution >= 0.6 is 23.1 Å². The predicted molar refractivity (Wildman–Crippen MR) is 99.7 cm³/mol. The van der Waals surface area contributed by atoms with Crippen LogP contribution in [-0.4, -0.2) is 40.1 Å². The number of amides is 1. The van der Waals surface area contributed by atoms with Crippen LogP contribution in [0.5, 0.6) is 5.75 Å². The second kappa shape index (κ2) is 8.68. The Morgan fingerprint density at radius 3 is 2.88 bits per heavy atom. The van der Waals surface area contributed by atoms with Gasteiger partial charge in [0.2, 0.25) is 5.91 Å². The molecule has 0 atom stereocenters. The summed E-state index contributed by atoms with van der Waals surface area (Å²) in [5.74, 6) is 1.08. The maximum atomic E-state index is 12.0. The zero-order chi connectivity index (χ0) is 17.5. The fourth-order valence-electron chi connectivity index (χ4n) is 2.20. The molecule has 0 aliphatic carbocycles. The Morgan fingerprint density at radius 2 is 2.16 bits per heavy atom. The van der Waals surface area contributed by atoms with Gasteiger partial charge in [0, 0.05) is 17.1 Å². The number of nitrogens with one attached hydrogen (secondary N) is 1. The van der Waals surface area contributed by atoms with Crippen molar-refractivity contribution in [3.05, 3.63) is 53.0 Å². The fraction of sp³-hybridized carbons (Fsp3) is 0.235. The summed E-state index contributed by atoms with van der Waals surface area (Å²) in [5, 5.41) is 13.7. The highest BCUT2D eigenvalue weighted by Gasteiger charge is 2.10. The zero-order valence-electron chi connectivity index (χ0n) is 13.7. The van der Waals surface area contributed by atoms with Crippen molar-refractivity contribution in [2.75, 3.05) is 19.4 Å². The highest BCUT2D eigenvalue weighted by molar-refractivity contribution is 7.99. The molecule has 3 rings (SSSR count). The molecule has 1 amide bonds. The van der Waals surface area contributed by atoms with E-state index in [4.69, 9.17) is 4.74 Å². The molecule has 2 aromatic heterocycles. The first-order chi connectivity index (χ1) is 12.3. The van der Waals surface area contributed by atoms with Crippen molar-refractivity contribution in [3.63, 3.8) is 0 Å². The summed E-state index contributed by atoms with van der Waals surface area (Å²) in [6, 6.07) is 11.7. The van der Waals surface area contributed by atoms with E-state index in [1.165, 1.54) is 16.6 Å². The van der Waals surface area contributed by atoms with Crippen molar-refractivity contribution in [1.29, 1.82) is 0 Å². The van der Waals surface area contributed by atoms with Gasteiger partial charge in [0.25, 0.3) is 0 Å². The summed E-state index contributed by atoms with van der Waals surface area (Å²) >= 11 is 3.06. The monoisotopic (exact) mass is 374 g/mol. The number of carbonyl (C=O) groups is 1. The number of benzene rings is 1. The zero-order valence-corrected chi connectivity index (χ0v) is 15.3. The lowest BCUT2D eigenvalue weighted by atomic mass is 10.3. The number of methoxy groups -OCH3 is 1. The minimum absolute atomic E-state index is 0.00848. The molecule has 1 aromatic carbocycles. The Kier molecular flexibility index (Phi) is 6.08. The van der Waals surface area contributed by atoms with E-state index >= 15 is 0 Å². The molecule has 25 heavy (non-hydrogen) atoms. The van der Waals surface area contributed by atoms with Gasteiger partial charge in [-0.3, -0.25) is 9.36 Å². The van der Waals surface area contributed by atoms with Gasteiger partial charge in [-0.25, -0.2) is 0 Å². The molecule has 0 spiro atoms. The molecule has 1 N–H and O–H groups in total. The molecular weight excluding hydrogens is 356 g/mol. The first-order valence-corrected chi connectivity index (χ1v) is 9.59. The molecular formula is C17H18N4O2S2. The third-order valence-electron chi connectivity index (χ3n) is 3.47. The number of rotatable bonds is 8. The highest BCUT2D eigenvalue weighted by atomic mass is 32.2. The molecule has 0 aliphatic rings. The molecule has 0 saturated heterocycles. The summed E-state index contributed by atoms with van der Waals surface area (Å²) < 4.78 is 7.01. The molecule has 0 bridgehead atoms. The maximum absolute atomic E-state index is 12.0. The molecule has 2 heterocycles. The molecule has 0 aliphatic heterocycles. The highest BCUT2D eigenvalue weighted by Crippen LogP contribution is 2.21. The van der Waals surface area contributed by atoms with Crippen LogP contribution in [0.15, 0.2) is 53.3 Å². The van der Waals surface area contributed by atoms with E-state index in [1.54, 1.807) is 24.8 Å². The second-order valence-electron chi connectivity index (χ2n) is 5.15. The van der Waals surface area contributed by atoms with Crippen molar-refractivity contribution in [3.8, 4) is 11.4 Å². The number of aromatic nitrogens is 3. The van der Waals surface area contributed by atoms with Crippen LogP contribution in [0, 0.1) is 0 Å². The Balaban J connectivity index is 1.51. The summed E-state index contributed by atoms with van der Waals surface area (Å²) in [4.78, 5) is 13.3. The normalized spacial score (nSPS) is 10.6. The van der Waals surface area contributed by atoms with Crippen molar-refractivity contribution >= 4 is 29.0 Å². The maximum Gasteiger partial charge on any atom is 0.230 e. The van der Waals surface area contributed by atoms with Gasteiger partial charge in [0.1, 0.15) is 12.1 Å². The Bertz CT molecular complexity index is 800. The standard InChI is InChI=1S/C17H18N4O2S2/c1-23-14-6-4-13(5-7-14)21-12-19-20-17(21)25-11-16(22)18-9-8-15-3-2-10-24-15/h2-7,10,12H,8-9,11H2,1H3,(H,18,22). The average Bonchev–Trinajstić information content (AvgIpc) is 3.32. The van der Waals surface area contributed by atoms with Crippen LogP contribution < -0.4 is 10.1 Å². The van der Waals surface area contributed by atoms with Crippen molar-refractivity contribution in [2.24, 2.45) is 0 Å². The molecule has 0 radical (unpaired) electrons. The van der Waals surface area contributed by atoms with Crippen LogP contribution in [0.3, 0.4) is 0 Å². The third kappa shape index (κ3) is 4.83. The molecule has 0 fully saturated rings. The van der Waals surface area contributed by atoms with Crippen LogP contribution in [0.4, 0.5) is 0 Å². The van der Waals surface area contributed by atoms with Gasteiger partial charge in [-0.15, -0.1) is 21.5 Å². The number of hydrogen-bond donors (Lipinski definition) is 1. The SMILES string of the molecule is COc1ccc(-n2cnnc2SCC(=O)NCCc2cccs2)cc1. The van der Waals surface area contributed by atoms with Crippen molar-refractivity contribution < 1.29 is 9.53 Å². The lowest BCUT2D eigenvalue weighted by Gasteiger charge is -2.07. The predicted octanol–water partition coefficient (Wildman–Crippen LogP) is 2.79. The van der Waals surface area contributed by atoms with Crippen LogP contribution in [0.25, 0.3) is 5.69 Å². The molecule has 0 saturated carbocycles. The minimum atomic E-state index is -0.00848. The molecule has 8 heteroatoms. The summed E-state index contributed by atoms with van der Waals surface area (Å²) in [6.07, 6.45) is 2.49. The van der Waals surface area contributed by atoms with E-state index in [2.05, 4.69) is 21.6 Å². The van der Waals surface area contributed by atoms with Gasteiger partial charge < -0.3 is 10.1 Å². The molecule has 0 unspecified atom stereocenters. The Hall–Kier alpha value is -2.32. The van der Waals surface area contributed by atoms with Gasteiger partial charge >= 0.3 is 0 Å². The summed E-state index contributed by atoms with van der Waals surface area (Å²) in [6.45, 7) is 0.644. The van der Waals surface area contributed by atoms with Gasteiger partial charge in [-0.05, 0) is 42.1 Å². The minimum Gasteiger partial charge on any atom is -0.497 e. The number of carbonyl (C=O) groups excluding carboxylic acids is 1. The molecule has 6 nitrogen and oxygen atoms in total. The van der Waals surface area contributed by atoms with Gasteiger partial charge in [-0.2, -0.15) is 0 Å². The third-order valence-corrected chi connectivity index (χ3v) is 5.35. The summed E-state index contributed by atoms with van der Waals surface area (Å²) in [5.41, 5.74) is 0.923. The molecule has 130 valence electrons. The lowest BCUT2D eigenvalue weighted by Crippen LogP contribution is -2.27. The van der Waals surface area contributed by atoms with E-state index in [0.29, 0.717) is 17.5 Å². The largest absolute Gasteiger partial charge is 0.497 e. The van der Waals surface area contributed by atoms with Crippen LogP contribution in [0.1, 0.15) is 4.88 Å². The second-order valence-corrected chi connectivity index (χ2v) is 7.12. The number of nitrogens with zero attached hydrogens (tertiary/aromatic N) is 3. The molecule has 3 aromatic rings. The Labute approximate surface area is 154 Å². The lowest BCUT2D eigenvalue weighted by molar-refractivity contribution is -0.118.